The summed E-state index contributed by atoms with van der Waals surface area (Å²) >= 11 is 0. The second-order valence-electron chi connectivity index (χ2n) is 19.5. The van der Waals surface area contributed by atoms with Gasteiger partial charge in [0.1, 0.15) is 0 Å². The highest BCUT2D eigenvalue weighted by atomic mass is 15.2. The Labute approximate surface area is 427 Å². The summed E-state index contributed by atoms with van der Waals surface area (Å²) in [5, 5.41) is 0. The molecule has 0 N–H and O–H groups in total. The van der Waals surface area contributed by atoms with Crippen LogP contribution < -0.4 is 19.6 Å². The van der Waals surface area contributed by atoms with Crippen LogP contribution in [0.5, 0.6) is 0 Å². The van der Waals surface area contributed by atoms with E-state index in [4.69, 9.17) is 0 Å². The van der Waals surface area contributed by atoms with Crippen LogP contribution >= 0.6 is 0 Å². The summed E-state index contributed by atoms with van der Waals surface area (Å²) in [6, 6.07) is 85.3. The van der Waals surface area contributed by atoms with Gasteiger partial charge < -0.3 is 19.6 Å². The average Bonchev–Trinajstić information content (AvgIpc) is 3.39. The maximum Gasteiger partial charge on any atom is 0.0488 e. The summed E-state index contributed by atoms with van der Waals surface area (Å²) in [5.41, 5.74) is 24.6. The summed E-state index contributed by atoms with van der Waals surface area (Å²) in [6.45, 7) is 17.2. The van der Waals surface area contributed by atoms with Crippen LogP contribution in [0, 0.1) is 55.4 Å². The average molecular weight is 935 g/mol. The number of hydrogen-bond acceptors (Lipinski definition) is 4. The van der Waals surface area contributed by atoms with Gasteiger partial charge in [-0.05, 0) is 200 Å². The Hall–Kier alpha value is -8.60. The second kappa shape index (κ2) is 20.4. The van der Waals surface area contributed by atoms with Gasteiger partial charge in [0, 0.05) is 68.2 Å². The number of aryl methyl sites for hydroxylation is 8. The quantitative estimate of drug-likeness (QED) is 0.114. The van der Waals surface area contributed by atoms with E-state index in [1.807, 2.05) is 0 Å². The van der Waals surface area contributed by atoms with Crippen LogP contribution in [0.25, 0.3) is 11.1 Å². The van der Waals surface area contributed by atoms with Gasteiger partial charge in [-0.1, -0.05) is 142 Å². The Balaban J connectivity index is 1.30. The van der Waals surface area contributed by atoms with Crippen molar-refractivity contribution < 1.29 is 0 Å². The molecule has 0 aliphatic rings. The van der Waals surface area contributed by atoms with Crippen molar-refractivity contribution in [3.8, 4) is 11.1 Å². The van der Waals surface area contributed by atoms with Crippen molar-refractivity contribution in [1.29, 1.82) is 0 Å². The second-order valence-corrected chi connectivity index (χ2v) is 19.5. The first-order chi connectivity index (χ1) is 34.9. The Bertz CT molecular complexity index is 2790. The largest absolute Gasteiger partial charge is 0.310 e. The molecule has 0 heterocycles. The molecule has 4 heteroatoms. The summed E-state index contributed by atoms with van der Waals surface area (Å²) in [6.07, 6.45) is 0. The van der Waals surface area contributed by atoms with Crippen molar-refractivity contribution >= 4 is 68.2 Å². The zero-order chi connectivity index (χ0) is 49.9. The smallest absolute Gasteiger partial charge is 0.0488 e. The van der Waals surface area contributed by atoms with Gasteiger partial charge >= 0.3 is 0 Å². The molecular formula is C68H62N4. The number of benzene rings is 10. The van der Waals surface area contributed by atoms with Gasteiger partial charge in [-0.25, -0.2) is 0 Å². The van der Waals surface area contributed by atoms with E-state index in [1.165, 1.54) is 44.5 Å². The molecule has 0 radical (unpaired) electrons. The third-order valence-corrected chi connectivity index (χ3v) is 13.5. The topological polar surface area (TPSA) is 13.0 Å². The number of nitrogens with zero attached hydrogens (tertiary/aromatic N) is 4. The van der Waals surface area contributed by atoms with Gasteiger partial charge in [0.25, 0.3) is 0 Å². The zero-order valence-electron chi connectivity index (χ0n) is 42.7. The molecule has 0 amide bonds. The van der Waals surface area contributed by atoms with Gasteiger partial charge in [0.2, 0.25) is 0 Å². The fourth-order valence-corrected chi connectivity index (χ4v) is 9.38. The maximum atomic E-state index is 2.40. The minimum Gasteiger partial charge on any atom is -0.310 e. The molecule has 354 valence electrons. The molecule has 10 aromatic rings. The Morgan fingerprint density at radius 1 is 0.153 bits per heavy atom. The summed E-state index contributed by atoms with van der Waals surface area (Å²) in [7, 11) is 0. The van der Waals surface area contributed by atoms with Crippen LogP contribution in [0.15, 0.2) is 231 Å². The minimum atomic E-state index is 1.04. The Morgan fingerprint density at radius 2 is 0.278 bits per heavy atom. The SMILES string of the molecule is Cc1ccc(N(c2ccc(C)cc2)c2cc(-c3cc(N(c4ccc(C)cc4)c4ccc(C)cc4)cc(N(c4ccc(C)cc4)c4ccc(C)cc4)c3)cc(N(c3ccc(C)cc3)c3ccc(C)cc3)c2)cc1. The van der Waals surface area contributed by atoms with Crippen LogP contribution in [0.4, 0.5) is 68.2 Å². The van der Waals surface area contributed by atoms with Crippen molar-refractivity contribution in [3.63, 3.8) is 0 Å². The Morgan fingerprint density at radius 3 is 0.403 bits per heavy atom. The molecule has 72 heavy (non-hydrogen) atoms. The van der Waals surface area contributed by atoms with Crippen LogP contribution in [-0.2, 0) is 0 Å². The van der Waals surface area contributed by atoms with Crippen LogP contribution in [0.3, 0.4) is 0 Å². The van der Waals surface area contributed by atoms with Crippen molar-refractivity contribution in [2.45, 2.75) is 55.4 Å². The van der Waals surface area contributed by atoms with Gasteiger partial charge in [-0.2, -0.15) is 0 Å². The zero-order valence-corrected chi connectivity index (χ0v) is 42.7. The highest BCUT2D eigenvalue weighted by Crippen LogP contribution is 2.47. The highest BCUT2D eigenvalue weighted by molar-refractivity contribution is 5.92. The van der Waals surface area contributed by atoms with E-state index in [2.05, 4.69) is 306 Å². The summed E-state index contributed by atoms with van der Waals surface area (Å²) in [5.74, 6) is 0. The molecule has 0 unspecified atom stereocenters. The van der Waals surface area contributed by atoms with E-state index in [1.54, 1.807) is 0 Å². The number of hydrogen-bond donors (Lipinski definition) is 0. The third kappa shape index (κ3) is 10.3. The van der Waals surface area contributed by atoms with E-state index >= 15 is 0 Å². The molecule has 0 saturated heterocycles. The predicted octanol–water partition coefficient (Wildman–Crippen LogP) is 19.7. The van der Waals surface area contributed by atoms with E-state index < -0.39 is 0 Å². The first kappa shape index (κ1) is 47.1. The van der Waals surface area contributed by atoms with Crippen LogP contribution in [0.2, 0.25) is 0 Å². The molecule has 0 atom stereocenters. The summed E-state index contributed by atoms with van der Waals surface area (Å²) < 4.78 is 0. The third-order valence-electron chi connectivity index (χ3n) is 13.5. The molecule has 10 rings (SSSR count). The van der Waals surface area contributed by atoms with E-state index in [-0.39, 0.29) is 0 Å². The van der Waals surface area contributed by atoms with Crippen molar-refractivity contribution in [2.75, 3.05) is 19.6 Å². The molecule has 0 aromatic heterocycles. The minimum absolute atomic E-state index is 1.04. The van der Waals surface area contributed by atoms with Gasteiger partial charge in [-0.3, -0.25) is 0 Å². The predicted molar refractivity (Wildman–Crippen MR) is 309 cm³/mol. The highest BCUT2D eigenvalue weighted by Gasteiger charge is 2.23. The van der Waals surface area contributed by atoms with Crippen LogP contribution in [0.1, 0.15) is 44.5 Å². The molecule has 4 nitrogen and oxygen atoms in total. The summed E-state index contributed by atoms with van der Waals surface area (Å²) in [4.78, 5) is 9.59. The lowest BCUT2D eigenvalue weighted by Crippen LogP contribution is -2.15. The van der Waals surface area contributed by atoms with Crippen LogP contribution in [-0.4, -0.2) is 0 Å². The van der Waals surface area contributed by atoms with Gasteiger partial charge in [-0.15, -0.1) is 0 Å². The van der Waals surface area contributed by atoms with Crippen molar-refractivity contribution in [3.05, 3.63) is 275 Å². The molecule has 0 spiro atoms. The van der Waals surface area contributed by atoms with Crippen molar-refractivity contribution in [2.24, 2.45) is 0 Å². The number of rotatable bonds is 13. The lowest BCUT2D eigenvalue weighted by Gasteiger charge is -2.32. The molecule has 10 aromatic carbocycles. The first-order valence-corrected chi connectivity index (χ1v) is 25.0. The molecule has 0 aliphatic carbocycles. The molecule has 0 bridgehead atoms. The fraction of sp³-hybridized carbons (Fsp3) is 0.118. The van der Waals surface area contributed by atoms with Gasteiger partial charge in [0.15, 0.2) is 0 Å². The standard InChI is InChI=1S/C68H62N4/c1-47-9-25-57(26-10-47)69(58-27-11-48(2)12-28-58)65-41-55(42-66(45-65)70(59-29-13-49(3)14-30-59)60-31-15-50(4)16-32-60)56-43-67(71(61-33-17-51(5)18-34-61)62-35-19-52(6)20-36-62)46-68(44-56)72(63-37-21-53(7)22-38-63)64-39-23-54(8)24-40-64/h9-46H,1-8H3. The normalized spacial score (nSPS) is 11.1. The van der Waals surface area contributed by atoms with Gasteiger partial charge in [0.05, 0.1) is 0 Å². The molecular weight excluding hydrogens is 873 g/mol. The monoisotopic (exact) mass is 934 g/mol. The molecule has 0 fully saturated rings. The van der Waals surface area contributed by atoms with E-state index in [9.17, 15) is 0 Å². The lowest BCUT2D eigenvalue weighted by atomic mass is 9.99. The maximum absolute atomic E-state index is 2.40. The lowest BCUT2D eigenvalue weighted by molar-refractivity contribution is 1.23. The first-order valence-electron chi connectivity index (χ1n) is 25.0. The number of anilines is 12. The van der Waals surface area contributed by atoms with E-state index in [0.29, 0.717) is 0 Å². The molecule has 0 saturated carbocycles. The molecule has 0 aliphatic heterocycles. The Kier molecular flexibility index (Phi) is 13.3. The fourth-order valence-electron chi connectivity index (χ4n) is 9.38. The van der Waals surface area contributed by atoms with E-state index in [0.717, 1.165) is 79.4 Å². The van der Waals surface area contributed by atoms with Crippen molar-refractivity contribution in [1.82, 2.24) is 0 Å².